The van der Waals surface area contributed by atoms with E-state index in [1.54, 1.807) is 6.08 Å². The Hall–Kier alpha value is -1.50. The third-order valence-electron chi connectivity index (χ3n) is 2.24. The van der Waals surface area contributed by atoms with Crippen molar-refractivity contribution < 1.29 is 9.59 Å². The second kappa shape index (κ2) is 5.22. The summed E-state index contributed by atoms with van der Waals surface area (Å²) in [6.07, 6.45) is 4.20. The highest BCUT2D eigenvalue weighted by Crippen LogP contribution is 2.18. The second-order valence-electron chi connectivity index (χ2n) is 3.47. The number of amides is 2. The fourth-order valence-electron chi connectivity index (χ4n) is 1.37. The number of rotatable bonds is 2. The zero-order valence-electron chi connectivity index (χ0n) is 8.76. The lowest BCUT2D eigenvalue weighted by molar-refractivity contribution is -0.117. The van der Waals surface area contributed by atoms with Gasteiger partial charge >= 0.3 is 0 Å². The molecule has 17 heavy (non-hydrogen) atoms. The van der Waals surface area contributed by atoms with Gasteiger partial charge in [-0.2, -0.15) is 0 Å². The van der Waals surface area contributed by atoms with E-state index in [2.05, 4.69) is 32.9 Å². The molecule has 0 spiro atoms. The summed E-state index contributed by atoms with van der Waals surface area (Å²) in [6, 6.07) is 7.49. The van der Waals surface area contributed by atoms with E-state index < -0.39 is 5.92 Å². The van der Waals surface area contributed by atoms with E-state index in [9.17, 15) is 9.59 Å². The first-order chi connectivity index (χ1) is 8.16. The standard InChI is InChI=1S/C12H9IN2O2/c13-9-3-1-2-4-10(9)15-12(17)8-5-6-11(16)14-7-8/h1-8H,(H,15,17). The van der Waals surface area contributed by atoms with Crippen LogP contribution in [-0.4, -0.2) is 18.0 Å². The van der Waals surface area contributed by atoms with E-state index in [0.29, 0.717) is 0 Å². The molecule has 0 aromatic heterocycles. The van der Waals surface area contributed by atoms with Gasteiger partial charge < -0.3 is 5.32 Å². The average molecular weight is 340 g/mol. The molecule has 5 heteroatoms. The zero-order valence-corrected chi connectivity index (χ0v) is 10.9. The van der Waals surface area contributed by atoms with Gasteiger partial charge in [-0.15, -0.1) is 0 Å². The van der Waals surface area contributed by atoms with Crippen molar-refractivity contribution in [3.05, 3.63) is 40.0 Å². The Morgan fingerprint density at radius 1 is 1.35 bits per heavy atom. The first-order valence-corrected chi connectivity index (χ1v) is 6.06. The average Bonchev–Trinajstić information content (AvgIpc) is 2.33. The summed E-state index contributed by atoms with van der Waals surface area (Å²) >= 11 is 2.15. The monoisotopic (exact) mass is 340 g/mol. The number of halogens is 1. The molecule has 2 amide bonds. The lowest BCUT2D eigenvalue weighted by Crippen LogP contribution is -2.24. The molecule has 1 N–H and O–H groups in total. The number of hydrogen-bond donors (Lipinski definition) is 1. The van der Waals surface area contributed by atoms with Crippen LogP contribution in [0.3, 0.4) is 0 Å². The Bertz CT molecular complexity index is 507. The number of hydrogen-bond acceptors (Lipinski definition) is 2. The number of nitrogens with zero attached hydrogens (tertiary/aromatic N) is 1. The third-order valence-corrected chi connectivity index (χ3v) is 3.18. The molecule has 2 rings (SSSR count). The van der Waals surface area contributed by atoms with E-state index in [-0.39, 0.29) is 11.8 Å². The predicted molar refractivity (Wildman–Crippen MR) is 73.9 cm³/mol. The van der Waals surface area contributed by atoms with Crippen molar-refractivity contribution >= 4 is 46.3 Å². The fraction of sp³-hybridized carbons (Fsp3) is 0.0833. The number of nitrogens with one attached hydrogen (secondary N) is 1. The van der Waals surface area contributed by atoms with Gasteiger partial charge in [-0.05, 0) is 34.7 Å². The van der Waals surface area contributed by atoms with Crippen LogP contribution in [-0.2, 0) is 9.59 Å². The number of carbonyl (C=O) groups is 2. The molecule has 0 radical (unpaired) electrons. The van der Waals surface area contributed by atoms with Crippen molar-refractivity contribution in [2.45, 2.75) is 0 Å². The van der Waals surface area contributed by atoms with E-state index >= 15 is 0 Å². The molecule has 0 aliphatic carbocycles. The predicted octanol–water partition coefficient (Wildman–Crippen LogP) is 2.01. The summed E-state index contributed by atoms with van der Waals surface area (Å²) in [6.45, 7) is 0. The molecule has 4 nitrogen and oxygen atoms in total. The van der Waals surface area contributed by atoms with Gasteiger partial charge in [-0.1, -0.05) is 18.2 Å². The van der Waals surface area contributed by atoms with Crippen LogP contribution in [0, 0.1) is 9.49 Å². The highest BCUT2D eigenvalue weighted by atomic mass is 127. The van der Waals surface area contributed by atoms with Gasteiger partial charge in [0.1, 0.15) is 0 Å². The maximum atomic E-state index is 11.9. The van der Waals surface area contributed by atoms with Gasteiger partial charge in [-0.25, -0.2) is 4.99 Å². The highest BCUT2D eigenvalue weighted by molar-refractivity contribution is 14.1. The second-order valence-corrected chi connectivity index (χ2v) is 4.63. The van der Waals surface area contributed by atoms with Crippen molar-refractivity contribution in [3.63, 3.8) is 0 Å². The number of dihydropyridines is 1. The lowest BCUT2D eigenvalue weighted by Gasteiger charge is -2.11. The molecular weight excluding hydrogens is 331 g/mol. The summed E-state index contributed by atoms with van der Waals surface area (Å²) in [7, 11) is 0. The van der Waals surface area contributed by atoms with E-state index in [1.807, 2.05) is 24.3 Å². The molecule has 1 aromatic rings. The Kier molecular flexibility index (Phi) is 3.68. The van der Waals surface area contributed by atoms with E-state index in [4.69, 9.17) is 0 Å². The van der Waals surface area contributed by atoms with Crippen molar-refractivity contribution in [1.29, 1.82) is 0 Å². The molecule has 0 fully saturated rings. The minimum Gasteiger partial charge on any atom is -0.324 e. The number of carbonyl (C=O) groups excluding carboxylic acids is 2. The number of para-hydroxylation sites is 1. The van der Waals surface area contributed by atoms with Crippen LogP contribution in [0.5, 0.6) is 0 Å². The highest BCUT2D eigenvalue weighted by Gasteiger charge is 2.17. The van der Waals surface area contributed by atoms with Crippen LogP contribution >= 0.6 is 22.6 Å². The van der Waals surface area contributed by atoms with Crippen LogP contribution < -0.4 is 5.32 Å². The molecule has 0 saturated carbocycles. The first kappa shape index (κ1) is 12.0. The summed E-state index contributed by atoms with van der Waals surface area (Å²) in [5.41, 5.74) is 0.761. The minimum atomic E-state index is -0.483. The molecule has 1 aliphatic heterocycles. The van der Waals surface area contributed by atoms with Crippen LogP contribution in [0.2, 0.25) is 0 Å². The van der Waals surface area contributed by atoms with Crippen molar-refractivity contribution in [2.24, 2.45) is 10.9 Å². The van der Waals surface area contributed by atoms with E-state index in [0.717, 1.165) is 9.26 Å². The largest absolute Gasteiger partial charge is 0.324 e. The van der Waals surface area contributed by atoms with Gasteiger partial charge in [-0.3, -0.25) is 9.59 Å². The summed E-state index contributed by atoms with van der Waals surface area (Å²) in [4.78, 5) is 26.3. The molecule has 0 bridgehead atoms. The Morgan fingerprint density at radius 3 is 2.76 bits per heavy atom. The number of aliphatic imine (C=N–C) groups is 1. The maximum Gasteiger partial charge on any atom is 0.269 e. The molecule has 1 aliphatic rings. The topological polar surface area (TPSA) is 58.5 Å². The molecule has 86 valence electrons. The summed E-state index contributed by atoms with van der Waals surface area (Å²) < 4.78 is 0.964. The SMILES string of the molecule is O=C1C=CC(C(=O)Nc2ccccc2I)C=N1. The van der Waals surface area contributed by atoms with Crippen molar-refractivity contribution in [1.82, 2.24) is 0 Å². The number of anilines is 1. The minimum absolute atomic E-state index is 0.193. The molecule has 1 heterocycles. The van der Waals surface area contributed by atoms with Gasteiger partial charge in [0.15, 0.2) is 0 Å². The maximum absolute atomic E-state index is 11.9. The van der Waals surface area contributed by atoms with Gasteiger partial charge in [0.25, 0.3) is 5.91 Å². The molecule has 1 atom stereocenters. The molecule has 1 aromatic carbocycles. The molecule has 0 saturated heterocycles. The van der Waals surface area contributed by atoms with Gasteiger partial charge in [0.05, 0.1) is 11.6 Å². The molecule has 1 unspecified atom stereocenters. The number of benzene rings is 1. The van der Waals surface area contributed by atoms with Gasteiger partial charge in [0, 0.05) is 15.9 Å². The molecular formula is C12H9IN2O2. The normalized spacial score (nSPS) is 18.2. The fourth-order valence-corrected chi connectivity index (χ4v) is 1.89. The lowest BCUT2D eigenvalue weighted by atomic mass is 10.1. The van der Waals surface area contributed by atoms with Crippen molar-refractivity contribution in [3.8, 4) is 0 Å². The Balaban J connectivity index is 2.08. The third kappa shape index (κ3) is 3.00. The summed E-state index contributed by atoms with van der Waals surface area (Å²) in [5, 5.41) is 2.79. The van der Waals surface area contributed by atoms with Crippen LogP contribution in [0.25, 0.3) is 0 Å². The van der Waals surface area contributed by atoms with Crippen molar-refractivity contribution in [2.75, 3.05) is 5.32 Å². The smallest absolute Gasteiger partial charge is 0.269 e. The Labute approximate surface area is 112 Å². The summed E-state index contributed by atoms with van der Waals surface area (Å²) in [5.74, 6) is -1.01. The van der Waals surface area contributed by atoms with Gasteiger partial charge in [0.2, 0.25) is 5.91 Å². The quantitative estimate of drug-likeness (QED) is 0.838. The van der Waals surface area contributed by atoms with E-state index in [1.165, 1.54) is 12.3 Å². The zero-order chi connectivity index (χ0) is 12.3. The van der Waals surface area contributed by atoms with Crippen LogP contribution in [0.1, 0.15) is 0 Å². The van der Waals surface area contributed by atoms with Crippen LogP contribution in [0.4, 0.5) is 5.69 Å². The first-order valence-electron chi connectivity index (χ1n) is 4.98. The van der Waals surface area contributed by atoms with Crippen LogP contribution in [0.15, 0.2) is 41.4 Å². The Morgan fingerprint density at radius 2 is 2.12 bits per heavy atom.